The van der Waals surface area contributed by atoms with Gasteiger partial charge in [-0.25, -0.2) is 4.98 Å². The summed E-state index contributed by atoms with van der Waals surface area (Å²) in [7, 11) is 1.56. The second kappa shape index (κ2) is 6.35. The van der Waals surface area contributed by atoms with Crippen LogP contribution in [0.5, 0.6) is 5.88 Å². The zero-order valence-corrected chi connectivity index (χ0v) is 11.3. The third kappa shape index (κ3) is 5.63. The Morgan fingerprint density at radius 2 is 2.17 bits per heavy atom. The van der Waals surface area contributed by atoms with E-state index < -0.39 is 0 Å². The van der Waals surface area contributed by atoms with E-state index in [2.05, 4.69) is 10.3 Å². The Hall–Kier alpha value is -1.62. The maximum atomic E-state index is 11.5. The van der Waals surface area contributed by atoms with Crippen LogP contribution in [-0.4, -0.2) is 30.2 Å². The summed E-state index contributed by atoms with van der Waals surface area (Å²) in [4.78, 5) is 15.5. The lowest BCUT2D eigenvalue weighted by atomic mass is 10.2. The third-order valence-electron chi connectivity index (χ3n) is 2.13. The molecule has 0 aliphatic carbocycles. The molecule has 1 aromatic rings. The molecule has 0 bridgehead atoms. The van der Waals surface area contributed by atoms with Gasteiger partial charge >= 0.3 is 0 Å². The van der Waals surface area contributed by atoms with Crippen molar-refractivity contribution in [3.63, 3.8) is 0 Å². The number of pyridine rings is 1. The third-order valence-corrected chi connectivity index (χ3v) is 2.13. The summed E-state index contributed by atoms with van der Waals surface area (Å²) in [6, 6.07) is 3.61. The first-order valence-electron chi connectivity index (χ1n) is 5.80. The number of hydrogen-bond acceptors (Lipinski definition) is 4. The van der Waals surface area contributed by atoms with Crippen LogP contribution in [-0.2, 0) is 16.1 Å². The van der Waals surface area contributed by atoms with Crippen molar-refractivity contribution in [3.8, 4) is 5.88 Å². The summed E-state index contributed by atoms with van der Waals surface area (Å²) in [6.07, 6.45) is 1.64. The molecule has 1 rings (SSSR count). The molecule has 1 heterocycles. The molecular weight excluding hydrogens is 232 g/mol. The van der Waals surface area contributed by atoms with Gasteiger partial charge in [-0.1, -0.05) is 0 Å². The van der Waals surface area contributed by atoms with Gasteiger partial charge in [-0.15, -0.1) is 0 Å². The number of nitrogens with one attached hydrogen (secondary N) is 1. The minimum atomic E-state index is -0.308. The number of carbonyl (C=O) groups is 1. The molecule has 18 heavy (non-hydrogen) atoms. The fraction of sp³-hybridized carbons (Fsp3) is 0.538. The van der Waals surface area contributed by atoms with Gasteiger partial charge in [0.1, 0.15) is 6.61 Å². The van der Waals surface area contributed by atoms with Gasteiger partial charge in [-0.05, 0) is 32.4 Å². The van der Waals surface area contributed by atoms with E-state index in [-0.39, 0.29) is 18.1 Å². The van der Waals surface area contributed by atoms with Crippen LogP contribution in [0.4, 0.5) is 0 Å². The van der Waals surface area contributed by atoms with Gasteiger partial charge in [0, 0.05) is 18.8 Å². The predicted octanol–water partition coefficient (Wildman–Crippen LogP) is 1.52. The molecule has 0 spiro atoms. The lowest BCUT2D eigenvalue weighted by Gasteiger charge is -2.18. The summed E-state index contributed by atoms with van der Waals surface area (Å²) >= 11 is 0. The van der Waals surface area contributed by atoms with Gasteiger partial charge in [0.05, 0.1) is 12.7 Å². The van der Waals surface area contributed by atoms with E-state index in [1.165, 1.54) is 0 Å². The van der Waals surface area contributed by atoms with Gasteiger partial charge in [-0.3, -0.25) is 4.79 Å². The van der Waals surface area contributed by atoms with Crippen molar-refractivity contribution in [1.82, 2.24) is 10.3 Å². The fourth-order valence-electron chi connectivity index (χ4n) is 1.21. The average molecular weight is 252 g/mol. The molecule has 0 saturated carbocycles. The molecule has 100 valence electrons. The molecule has 0 atom stereocenters. The Morgan fingerprint density at radius 1 is 1.44 bits per heavy atom. The smallest absolute Gasteiger partial charge is 0.246 e. The van der Waals surface area contributed by atoms with Crippen molar-refractivity contribution < 1.29 is 14.3 Å². The van der Waals surface area contributed by atoms with E-state index in [4.69, 9.17) is 9.47 Å². The number of nitrogens with zero attached hydrogens (tertiary/aromatic N) is 1. The molecule has 0 aliphatic heterocycles. The summed E-state index contributed by atoms with van der Waals surface area (Å²) in [6.45, 7) is 6.23. The van der Waals surface area contributed by atoms with Gasteiger partial charge in [-0.2, -0.15) is 0 Å². The first-order valence-corrected chi connectivity index (χ1v) is 5.80. The van der Waals surface area contributed by atoms with Crippen molar-refractivity contribution in [2.45, 2.75) is 32.9 Å². The van der Waals surface area contributed by atoms with Gasteiger partial charge in [0.2, 0.25) is 11.8 Å². The lowest BCUT2D eigenvalue weighted by molar-refractivity contribution is -0.130. The largest absolute Gasteiger partial charge is 0.481 e. The fourth-order valence-corrected chi connectivity index (χ4v) is 1.21. The average Bonchev–Trinajstić information content (AvgIpc) is 2.33. The summed E-state index contributed by atoms with van der Waals surface area (Å²) < 4.78 is 10.4. The van der Waals surface area contributed by atoms with E-state index in [1.54, 1.807) is 19.4 Å². The Bertz CT molecular complexity index is 399. The summed E-state index contributed by atoms with van der Waals surface area (Å²) in [5.41, 5.74) is 0.628. The molecule has 0 aromatic carbocycles. The molecule has 0 fully saturated rings. The summed E-state index contributed by atoms with van der Waals surface area (Å²) in [5.74, 6) is 0.397. The van der Waals surface area contributed by atoms with Crippen LogP contribution in [0.2, 0.25) is 0 Å². The molecule has 1 N–H and O–H groups in total. The summed E-state index contributed by atoms with van der Waals surface area (Å²) in [5, 5.41) is 2.78. The van der Waals surface area contributed by atoms with Crippen LogP contribution in [0.1, 0.15) is 26.3 Å². The lowest BCUT2D eigenvalue weighted by Crippen LogP contribution is -2.31. The number of carbonyl (C=O) groups excluding carboxylic acids is 1. The number of rotatable bonds is 5. The van der Waals surface area contributed by atoms with Crippen molar-refractivity contribution in [3.05, 3.63) is 23.9 Å². The predicted molar refractivity (Wildman–Crippen MR) is 68.3 cm³/mol. The second-order valence-electron chi connectivity index (χ2n) is 4.88. The molecule has 0 saturated heterocycles. The van der Waals surface area contributed by atoms with Crippen LogP contribution in [0.15, 0.2) is 18.3 Å². The van der Waals surface area contributed by atoms with Crippen LogP contribution in [0.25, 0.3) is 0 Å². The zero-order valence-electron chi connectivity index (χ0n) is 11.3. The van der Waals surface area contributed by atoms with Crippen molar-refractivity contribution in [2.75, 3.05) is 13.7 Å². The molecule has 5 heteroatoms. The number of amides is 1. The quantitative estimate of drug-likeness (QED) is 0.863. The van der Waals surface area contributed by atoms with E-state index in [0.29, 0.717) is 12.4 Å². The van der Waals surface area contributed by atoms with E-state index >= 15 is 0 Å². The van der Waals surface area contributed by atoms with Crippen molar-refractivity contribution in [1.29, 1.82) is 0 Å². The first-order chi connectivity index (χ1) is 8.40. The molecule has 0 unspecified atom stereocenters. The molecule has 0 radical (unpaired) electrons. The topological polar surface area (TPSA) is 60.5 Å². The Morgan fingerprint density at radius 3 is 2.78 bits per heavy atom. The maximum Gasteiger partial charge on any atom is 0.246 e. The molecule has 1 aromatic heterocycles. The molecule has 1 amide bonds. The highest BCUT2D eigenvalue weighted by molar-refractivity contribution is 5.77. The number of ether oxygens (including phenoxy) is 2. The number of methoxy groups -OCH3 is 1. The van der Waals surface area contributed by atoms with Gasteiger partial charge in [0.15, 0.2) is 0 Å². The van der Waals surface area contributed by atoms with Crippen LogP contribution >= 0.6 is 0 Å². The maximum absolute atomic E-state index is 11.5. The Labute approximate surface area is 108 Å². The Kier molecular flexibility index (Phi) is 5.09. The highest BCUT2D eigenvalue weighted by atomic mass is 16.5. The zero-order chi connectivity index (χ0) is 13.6. The standard InChI is InChI=1S/C13H20N2O3/c1-13(2,3)18-9-11(16)15-8-10-5-6-14-12(7-10)17-4/h5-7H,8-9H2,1-4H3,(H,15,16). The highest BCUT2D eigenvalue weighted by Crippen LogP contribution is 2.08. The normalized spacial score (nSPS) is 11.1. The van der Waals surface area contributed by atoms with Gasteiger partial charge < -0.3 is 14.8 Å². The monoisotopic (exact) mass is 252 g/mol. The van der Waals surface area contributed by atoms with Crippen LogP contribution < -0.4 is 10.1 Å². The van der Waals surface area contributed by atoms with Gasteiger partial charge in [0.25, 0.3) is 0 Å². The highest BCUT2D eigenvalue weighted by Gasteiger charge is 2.12. The van der Waals surface area contributed by atoms with E-state index in [9.17, 15) is 4.79 Å². The van der Waals surface area contributed by atoms with E-state index in [1.807, 2.05) is 26.8 Å². The minimum Gasteiger partial charge on any atom is -0.481 e. The van der Waals surface area contributed by atoms with Crippen molar-refractivity contribution in [2.24, 2.45) is 0 Å². The Balaban J connectivity index is 2.38. The second-order valence-corrected chi connectivity index (χ2v) is 4.88. The van der Waals surface area contributed by atoms with Crippen LogP contribution in [0, 0.1) is 0 Å². The van der Waals surface area contributed by atoms with E-state index in [0.717, 1.165) is 5.56 Å². The minimum absolute atomic E-state index is 0.0612. The van der Waals surface area contributed by atoms with Crippen LogP contribution in [0.3, 0.4) is 0 Å². The number of hydrogen-bond donors (Lipinski definition) is 1. The molecule has 0 aliphatic rings. The number of aromatic nitrogens is 1. The SMILES string of the molecule is COc1cc(CNC(=O)COC(C)(C)C)ccn1. The first kappa shape index (κ1) is 14.4. The molecular formula is C13H20N2O3. The van der Waals surface area contributed by atoms with Crippen molar-refractivity contribution >= 4 is 5.91 Å². The molecule has 5 nitrogen and oxygen atoms in total.